The van der Waals surface area contributed by atoms with Crippen LogP contribution in [0.3, 0.4) is 0 Å². The van der Waals surface area contributed by atoms with E-state index >= 15 is 0 Å². The number of sulfonamides is 1. The number of anilines is 1. The first-order chi connectivity index (χ1) is 13.2. The Kier molecular flexibility index (Phi) is 5.68. The van der Waals surface area contributed by atoms with Crippen LogP contribution in [0.4, 0.5) is 18.9 Å². The van der Waals surface area contributed by atoms with Gasteiger partial charge in [-0.1, -0.05) is 6.92 Å². The summed E-state index contributed by atoms with van der Waals surface area (Å²) in [6, 6.07) is 0.764. The van der Waals surface area contributed by atoms with Crippen LogP contribution < -0.4 is 14.2 Å². The van der Waals surface area contributed by atoms with E-state index in [2.05, 4.69) is 26.4 Å². The maximum Gasteiger partial charge on any atom is 0.279 e. The number of pyridine rings is 1. The zero-order valence-electron chi connectivity index (χ0n) is 15.2. The fourth-order valence-electron chi connectivity index (χ4n) is 2.90. The lowest BCUT2D eigenvalue weighted by Crippen LogP contribution is -2.23. The van der Waals surface area contributed by atoms with Gasteiger partial charge in [0.1, 0.15) is 11.5 Å². The number of nitrogens with zero attached hydrogens (tertiary/aromatic N) is 3. The normalized spacial score (nSPS) is 16.7. The zero-order chi connectivity index (χ0) is 20.5. The van der Waals surface area contributed by atoms with Crippen LogP contribution in [0.25, 0.3) is 0 Å². The molecule has 2 aromatic rings. The molecule has 0 aliphatic carbocycles. The summed E-state index contributed by atoms with van der Waals surface area (Å²) in [7, 11) is -2.94. The molecule has 28 heavy (non-hydrogen) atoms. The number of nitrogens with one attached hydrogen (secondary N) is 1. The summed E-state index contributed by atoms with van der Waals surface area (Å²) in [6.07, 6.45) is -0.111. The molecule has 154 valence electrons. The number of imidazole rings is 1. The minimum atomic E-state index is -4.11. The van der Waals surface area contributed by atoms with Gasteiger partial charge in [-0.2, -0.15) is 13.4 Å². The standard InChI is InChI=1S/C16H19F3N4O4S/c1-9-3-4-23-13(5-9)20-7-14(23)28(24,25)22-11-6-10(17)15(21-16(11)26-2)27-8-12(18)19/h6-7,9,12,22H,3-5,8H2,1-2H3/t9-/m0/s1. The number of fused-ring (bicyclic) bond motifs is 1. The second-order valence-corrected chi connectivity index (χ2v) is 8.03. The first kappa shape index (κ1) is 20.2. The second-order valence-electron chi connectivity index (χ2n) is 6.40. The lowest BCUT2D eigenvalue weighted by Gasteiger charge is -2.21. The Morgan fingerprint density at radius 1 is 1.39 bits per heavy atom. The van der Waals surface area contributed by atoms with E-state index in [1.807, 2.05) is 0 Å². The third-order valence-corrected chi connectivity index (χ3v) is 5.61. The van der Waals surface area contributed by atoms with Gasteiger partial charge in [-0.05, 0) is 12.3 Å². The Balaban J connectivity index is 1.89. The number of halogens is 3. The lowest BCUT2D eigenvalue weighted by molar-refractivity contribution is 0.0770. The molecular formula is C16H19F3N4O4S. The van der Waals surface area contributed by atoms with E-state index in [9.17, 15) is 21.6 Å². The fraction of sp³-hybridized carbons (Fsp3) is 0.500. The third kappa shape index (κ3) is 4.16. The summed E-state index contributed by atoms with van der Waals surface area (Å²) < 4.78 is 77.5. The Morgan fingerprint density at radius 2 is 2.14 bits per heavy atom. The topological polar surface area (TPSA) is 95.3 Å². The van der Waals surface area contributed by atoms with Gasteiger partial charge in [0.2, 0.25) is 5.88 Å². The Bertz CT molecular complexity index is 965. The fourth-order valence-corrected chi connectivity index (χ4v) is 4.12. The summed E-state index contributed by atoms with van der Waals surface area (Å²) in [6.45, 7) is 1.50. The van der Waals surface area contributed by atoms with Gasteiger partial charge in [0, 0.05) is 19.0 Å². The van der Waals surface area contributed by atoms with E-state index in [1.54, 1.807) is 4.57 Å². The number of alkyl halides is 2. The Morgan fingerprint density at radius 3 is 2.82 bits per heavy atom. The molecule has 8 nitrogen and oxygen atoms in total. The molecule has 0 unspecified atom stereocenters. The SMILES string of the molecule is COc1nc(OCC(F)F)c(F)cc1NS(=O)(=O)c1cnc2n1CC[C@H](C)C2. The van der Waals surface area contributed by atoms with Crippen LogP contribution >= 0.6 is 0 Å². The highest BCUT2D eigenvalue weighted by Crippen LogP contribution is 2.31. The van der Waals surface area contributed by atoms with Gasteiger partial charge in [0.15, 0.2) is 17.5 Å². The van der Waals surface area contributed by atoms with Crippen LogP contribution in [0.1, 0.15) is 19.2 Å². The summed E-state index contributed by atoms with van der Waals surface area (Å²) >= 11 is 0. The van der Waals surface area contributed by atoms with Crippen molar-refractivity contribution in [3.63, 3.8) is 0 Å². The van der Waals surface area contributed by atoms with E-state index in [0.717, 1.165) is 12.5 Å². The van der Waals surface area contributed by atoms with Crippen molar-refractivity contribution in [2.45, 2.75) is 37.8 Å². The molecule has 0 radical (unpaired) electrons. The van der Waals surface area contributed by atoms with Crippen molar-refractivity contribution in [3.05, 3.63) is 23.9 Å². The highest BCUT2D eigenvalue weighted by atomic mass is 32.2. The summed E-state index contributed by atoms with van der Waals surface area (Å²) in [4.78, 5) is 7.79. The van der Waals surface area contributed by atoms with Crippen LogP contribution in [-0.2, 0) is 23.0 Å². The molecule has 0 saturated carbocycles. The van der Waals surface area contributed by atoms with Gasteiger partial charge in [0.25, 0.3) is 22.3 Å². The smallest absolute Gasteiger partial charge is 0.279 e. The Hall–Kier alpha value is -2.50. The number of methoxy groups -OCH3 is 1. The second kappa shape index (κ2) is 7.86. The number of hydrogen-bond acceptors (Lipinski definition) is 6. The minimum Gasteiger partial charge on any atom is -0.479 e. The molecule has 0 spiro atoms. The number of hydrogen-bond donors (Lipinski definition) is 1. The minimum absolute atomic E-state index is 0.0603. The predicted molar refractivity (Wildman–Crippen MR) is 92.8 cm³/mol. The highest BCUT2D eigenvalue weighted by Gasteiger charge is 2.28. The van der Waals surface area contributed by atoms with Gasteiger partial charge in [-0.15, -0.1) is 0 Å². The maximum absolute atomic E-state index is 14.1. The maximum atomic E-state index is 14.1. The molecule has 0 aromatic carbocycles. The van der Waals surface area contributed by atoms with Crippen LogP contribution in [0.5, 0.6) is 11.8 Å². The summed E-state index contributed by atoms with van der Waals surface area (Å²) in [5, 5.41) is -0.0603. The molecule has 0 saturated heterocycles. The molecule has 0 bridgehead atoms. The van der Waals surface area contributed by atoms with Gasteiger partial charge in [-0.25, -0.2) is 18.2 Å². The number of ether oxygens (including phenoxy) is 2. The first-order valence-electron chi connectivity index (χ1n) is 8.44. The lowest BCUT2D eigenvalue weighted by atomic mass is 10.0. The molecule has 2 aromatic heterocycles. The van der Waals surface area contributed by atoms with Crippen LogP contribution in [-0.4, -0.2) is 43.1 Å². The predicted octanol–water partition coefficient (Wildman–Crippen LogP) is 2.45. The van der Waals surface area contributed by atoms with Gasteiger partial charge in [-0.3, -0.25) is 4.72 Å². The summed E-state index contributed by atoms with van der Waals surface area (Å²) in [5.41, 5.74) is -0.288. The molecule has 0 amide bonds. The zero-order valence-corrected chi connectivity index (χ0v) is 16.0. The van der Waals surface area contributed by atoms with Gasteiger partial charge < -0.3 is 14.0 Å². The van der Waals surface area contributed by atoms with Crippen LogP contribution in [0.2, 0.25) is 0 Å². The van der Waals surface area contributed by atoms with Crippen molar-refractivity contribution < 1.29 is 31.1 Å². The van der Waals surface area contributed by atoms with Crippen LogP contribution in [0.15, 0.2) is 17.3 Å². The largest absolute Gasteiger partial charge is 0.479 e. The van der Waals surface area contributed by atoms with E-state index in [-0.39, 0.29) is 16.6 Å². The van der Waals surface area contributed by atoms with Crippen molar-refractivity contribution in [1.82, 2.24) is 14.5 Å². The van der Waals surface area contributed by atoms with Gasteiger partial charge >= 0.3 is 0 Å². The summed E-state index contributed by atoms with van der Waals surface area (Å²) in [5.74, 6) is -1.08. The van der Waals surface area contributed by atoms with E-state index < -0.39 is 34.8 Å². The molecule has 1 atom stereocenters. The monoisotopic (exact) mass is 420 g/mol. The molecule has 1 aliphatic rings. The Labute approximate surface area is 159 Å². The van der Waals surface area contributed by atoms with Gasteiger partial charge in [0.05, 0.1) is 13.3 Å². The molecule has 3 heterocycles. The molecule has 1 N–H and O–H groups in total. The van der Waals surface area contributed by atoms with Crippen LogP contribution in [0, 0.1) is 11.7 Å². The molecule has 3 rings (SSSR count). The average Bonchev–Trinajstić information content (AvgIpc) is 3.04. The van der Waals surface area contributed by atoms with Crippen molar-refractivity contribution in [2.75, 3.05) is 18.4 Å². The van der Waals surface area contributed by atoms with E-state index in [1.165, 1.54) is 13.3 Å². The number of aromatic nitrogens is 3. The quantitative estimate of drug-likeness (QED) is 0.739. The first-order valence-corrected chi connectivity index (χ1v) is 9.92. The van der Waals surface area contributed by atoms with E-state index in [0.29, 0.717) is 24.7 Å². The molecular weight excluding hydrogens is 401 g/mol. The highest BCUT2D eigenvalue weighted by molar-refractivity contribution is 7.92. The van der Waals surface area contributed by atoms with Crippen molar-refractivity contribution in [1.29, 1.82) is 0 Å². The average molecular weight is 420 g/mol. The molecule has 0 fully saturated rings. The van der Waals surface area contributed by atoms with Crippen molar-refractivity contribution in [2.24, 2.45) is 5.92 Å². The third-order valence-electron chi connectivity index (χ3n) is 4.25. The molecule has 12 heteroatoms. The van der Waals surface area contributed by atoms with Crippen molar-refractivity contribution >= 4 is 15.7 Å². The van der Waals surface area contributed by atoms with E-state index in [4.69, 9.17) is 4.74 Å². The number of rotatable bonds is 7. The molecule has 1 aliphatic heterocycles. The van der Waals surface area contributed by atoms with Crippen molar-refractivity contribution in [3.8, 4) is 11.8 Å².